The highest BCUT2D eigenvalue weighted by Crippen LogP contribution is 2.34. The Balaban J connectivity index is 1.76. The number of hydrogen-bond acceptors (Lipinski definition) is 5. The number of aromatic nitrogens is 1. The molecule has 8 heteroatoms. The highest BCUT2D eigenvalue weighted by molar-refractivity contribution is 7.99. The predicted molar refractivity (Wildman–Crippen MR) is 129 cm³/mol. The first-order valence-corrected chi connectivity index (χ1v) is 12.1. The molecule has 1 aromatic carbocycles. The van der Waals surface area contributed by atoms with Gasteiger partial charge in [0.2, 0.25) is 0 Å². The molecule has 0 saturated carbocycles. The molecular formula is C26H28F3NO3S. The molecule has 0 radical (unpaired) electrons. The molecule has 2 heterocycles. The van der Waals surface area contributed by atoms with E-state index >= 15 is 0 Å². The van der Waals surface area contributed by atoms with Crippen molar-refractivity contribution in [2.75, 3.05) is 12.4 Å². The topological polar surface area (TPSA) is 52.3 Å². The van der Waals surface area contributed by atoms with Crippen LogP contribution < -0.4 is 0 Å². The van der Waals surface area contributed by atoms with E-state index in [1.807, 2.05) is 43.3 Å². The monoisotopic (exact) mass is 491 g/mol. The first kappa shape index (κ1) is 25.9. The van der Waals surface area contributed by atoms with E-state index in [0.29, 0.717) is 11.3 Å². The fourth-order valence-electron chi connectivity index (χ4n) is 3.50. The number of aryl methyl sites for hydroxylation is 2. The smallest absolute Gasteiger partial charge is 0.389 e. The van der Waals surface area contributed by atoms with Gasteiger partial charge in [-0.15, -0.1) is 11.8 Å². The van der Waals surface area contributed by atoms with Crippen molar-refractivity contribution in [3.05, 3.63) is 59.9 Å². The van der Waals surface area contributed by atoms with Gasteiger partial charge in [0.15, 0.2) is 0 Å². The van der Waals surface area contributed by atoms with Crippen LogP contribution in [0.15, 0.2) is 57.9 Å². The lowest BCUT2D eigenvalue weighted by Crippen LogP contribution is -2.23. The third-order valence-corrected chi connectivity index (χ3v) is 6.52. The minimum atomic E-state index is -4.35. The molecule has 1 atom stereocenters. The van der Waals surface area contributed by atoms with Gasteiger partial charge in [0.1, 0.15) is 11.3 Å². The molecule has 182 valence electrons. The zero-order valence-corrected chi connectivity index (χ0v) is 20.3. The molecule has 2 aromatic heterocycles. The molecule has 0 fully saturated rings. The van der Waals surface area contributed by atoms with Crippen molar-refractivity contribution in [3.8, 4) is 11.3 Å². The molecule has 3 aromatic rings. The Morgan fingerprint density at radius 2 is 1.94 bits per heavy atom. The van der Waals surface area contributed by atoms with Crippen LogP contribution in [0.1, 0.15) is 38.6 Å². The number of fused-ring (bicyclic) bond motifs is 1. The van der Waals surface area contributed by atoms with E-state index in [2.05, 4.69) is 13.5 Å². The summed E-state index contributed by atoms with van der Waals surface area (Å²) in [5.41, 5.74) is 3.74. The standard InChI is InChI=1S/C26H28F3NO3S/c1-5-19-8-10-21(22(6-2)30-19)24-11-18-7-9-20(12-23(18)33-24)34-15-17(13-26(27,28)29)14-32-25(31)16(3)4/h7-12,17H,3,5-6,13-15H2,1-2,4H3. The summed E-state index contributed by atoms with van der Waals surface area (Å²) in [6.45, 7) is 8.71. The zero-order chi connectivity index (χ0) is 24.9. The maximum Gasteiger partial charge on any atom is 0.389 e. The van der Waals surface area contributed by atoms with Crippen molar-refractivity contribution in [1.82, 2.24) is 4.98 Å². The van der Waals surface area contributed by atoms with Gasteiger partial charge >= 0.3 is 12.1 Å². The van der Waals surface area contributed by atoms with E-state index in [9.17, 15) is 18.0 Å². The van der Waals surface area contributed by atoms with Crippen LogP contribution in [-0.4, -0.2) is 29.5 Å². The van der Waals surface area contributed by atoms with Crippen LogP contribution in [0.3, 0.4) is 0 Å². The summed E-state index contributed by atoms with van der Waals surface area (Å²) >= 11 is 1.28. The van der Waals surface area contributed by atoms with E-state index in [0.717, 1.165) is 40.1 Å². The van der Waals surface area contributed by atoms with Crippen molar-refractivity contribution in [2.24, 2.45) is 5.92 Å². The maximum atomic E-state index is 13.0. The van der Waals surface area contributed by atoms with Gasteiger partial charge in [-0.2, -0.15) is 13.2 Å². The summed E-state index contributed by atoms with van der Waals surface area (Å²) in [4.78, 5) is 17.1. The van der Waals surface area contributed by atoms with E-state index in [-0.39, 0.29) is 17.9 Å². The first-order valence-electron chi connectivity index (χ1n) is 11.1. The van der Waals surface area contributed by atoms with Crippen molar-refractivity contribution in [2.45, 2.75) is 51.1 Å². The maximum absolute atomic E-state index is 13.0. The largest absolute Gasteiger partial charge is 0.462 e. The Labute approximate surface area is 201 Å². The molecular weight excluding hydrogens is 463 g/mol. The Bertz CT molecular complexity index is 1170. The molecule has 0 saturated heterocycles. The number of nitrogens with zero attached hydrogens (tertiary/aromatic N) is 1. The lowest BCUT2D eigenvalue weighted by molar-refractivity contribution is -0.154. The van der Waals surface area contributed by atoms with Crippen molar-refractivity contribution >= 4 is 28.7 Å². The molecule has 0 aliphatic heterocycles. The fraction of sp³-hybridized carbons (Fsp3) is 0.385. The molecule has 0 aliphatic carbocycles. The van der Waals surface area contributed by atoms with Crippen LogP contribution in [0, 0.1) is 5.92 Å². The Hall–Kier alpha value is -2.74. The number of pyridine rings is 1. The molecule has 34 heavy (non-hydrogen) atoms. The number of esters is 1. The molecule has 0 bridgehead atoms. The van der Waals surface area contributed by atoms with Crippen molar-refractivity contribution in [3.63, 3.8) is 0 Å². The molecule has 0 spiro atoms. The van der Waals surface area contributed by atoms with Gasteiger partial charge in [0.05, 0.1) is 18.7 Å². The minimum Gasteiger partial charge on any atom is -0.462 e. The Morgan fingerprint density at radius 1 is 1.18 bits per heavy atom. The van der Waals surface area contributed by atoms with Crippen molar-refractivity contribution < 1.29 is 27.1 Å². The van der Waals surface area contributed by atoms with Gasteiger partial charge in [0.25, 0.3) is 0 Å². The summed E-state index contributed by atoms with van der Waals surface area (Å²) in [7, 11) is 0. The third kappa shape index (κ3) is 6.88. The molecule has 0 amide bonds. The van der Waals surface area contributed by atoms with E-state index < -0.39 is 24.5 Å². The quantitative estimate of drug-likeness (QED) is 0.168. The molecule has 4 nitrogen and oxygen atoms in total. The predicted octanol–water partition coefficient (Wildman–Crippen LogP) is 7.40. The molecule has 1 unspecified atom stereocenters. The Morgan fingerprint density at radius 3 is 2.59 bits per heavy atom. The number of halogens is 3. The number of hydrogen-bond donors (Lipinski definition) is 0. The van der Waals surface area contributed by atoms with E-state index in [4.69, 9.17) is 14.1 Å². The van der Waals surface area contributed by atoms with Gasteiger partial charge < -0.3 is 9.15 Å². The van der Waals surface area contributed by atoms with Gasteiger partial charge in [-0.25, -0.2) is 4.79 Å². The molecule has 0 N–H and O–H groups in total. The number of furan rings is 1. The normalized spacial score (nSPS) is 12.6. The lowest BCUT2D eigenvalue weighted by Gasteiger charge is -2.18. The minimum absolute atomic E-state index is 0.143. The van der Waals surface area contributed by atoms with E-state index in [1.165, 1.54) is 18.7 Å². The van der Waals surface area contributed by atoms with Gasteiger partial charge in [-0.3, -0.25) is 4.98 Å². The number of thioether (sulfide) groups is 1. The zero-order valence-electron chi connectivity index (χ0n) is 19.5. The number of ether oxygens (including phenoxy) is 1. The van der Waals surface area contributed by atoms with Gasteiger partial charge in [-0.1, -0.05) is 20.4 Å². The SMILES string of the molecule is C=C(C)C(=O)OCC(CSc1ccc2cc(-c3ccc(CC)nc3CC)oc2c1)CC(F)(F)F. The summed E-state index contributed by atoms with van der Waals surface area (Å²) in [5.74, 6) is -0.698. The average Bonchev–Trinajstić information content (AvgIpc) is 3.22. The van der Waals surface area contributed by atoms with Gasteiger partial charge in [-0.05, 0) is 56.2 Å². The van der Waals surface area contributed by atoms with Crippen molar-refractivity contribution in [1.29, 1.82) is 0 Å². The summed E-state index contributed by atoms with van der Waals surface area (Å²) in [6, 6.07) is 11.5. The molecule has 0 aliphatic rings. The van der Waals surface area contributed by atoms with Crippen LogP contribution in [0.25, 0.3) is 22.3 Å². The number of alkyl halides is 3. The van der Waals surface area contributed by atoms with Crippen LogP contribution in [0.5, 0.6) is 0 Å². The third-order valence-electron chi connectivity index (χ3n) is 5.29. The number of carbonyl (C=O) groups excluding carboxylic acids is 1. The second-order valence-electron chi connectivity index (χ2n) is 8.19. The second kappa shape index (κ2) is 11.1. The average molecular weight is 492 g/mol. The highest BCUT2D eigenvalue weighted by Gasteiger charge is 2.32. The van der Waals surface area contributed by atoms with Crippen LogP contribution in [0.4, 0.5) is 13.2 Å². The fourth-order valence-corrected chi connectivity index (χ4v) is 4.49. The number of carbonyl (C=O) groups is 1. The van der Waals surface area contributed by atoms with Crippen LogP contribution >= 0.6 is 11.8 Å². The second-order valence-corrected chi connectivity index (χ2v) is 9.28. The summed E-state index contributed by atoms with van der Waals surface area (Å²) in [5, 5.41) is 0.906. The van der Waals surface area contributed by atoms with Gasteiger partial charge in [0, 0.05) is 38.8 Å². The highest BCUT2D eigenvalue weighted by atomic mass is 32.2. The first-order chi connectivity index (χ1) is 16.1. The Kier molecular flexibility index (Phi) is 8.47. The summed E-state index contributed by atoms with van der Waals surface area (Å²) in [6.07, 6.45) is -3.75. The van der Waals surface area contributed by atoms with Crippen LogP contribution in [-0.2, 0) is 22.4 Å². The van der Waals surface area contributed by atoms with E-state index in [1.54, 1.807) is 0 Å². The molecule has 3 rings (SSSR count). The number of rotatable bonds is 10. The number of benzene rings is 1. The lowest BCUT2D eigenvalue weighted by atomic mass is 10.1. The summed E-state index contributed by atoms with van der Waals surface area (Å²) < 4.78 is 50.1. The van der Waals surface area contributed by atoms with Crippen LogP contribution in [0.2, 0.25) is 0 Å².